The highest BCUT2D eigenvalue weighted by Gasteiger charge is 2.22. The van der Waals surface area contributed by atoms with E-state index >= 15 is 0 Å². The predicted octanol–water partition coefficient (Wildman–Crippen LogP) is 4.57. The van der Waals surface area contributed by atoms with Crippen LogP contribution in [0.1, 0.15) is 33.0 Å². The Balaban J connectivity index is 1.43. The normalized spacial score (nSPS) is 11.1. The minimum Gasteiger partial charge on any atom is -0.322 e. The summed E-state index contributed by atoms with van der Waals surface area (Å²) in [5.41, 5.74) is 1.64. The van der Waals surface area contributed by atoms with Gasteiger partial charge in [0.05, 0.1) is 11.9 Å². The van der Waals surface area contributed by atoms with E-state index in [1.807, 2.05) is 0 Å². The first-order chi connectivity index (χ1) is 17.4. The zero-order valence-corrected chi connectivity index (χ0v) is 18.9. The number of alkyl halides is 2. The first-order valence-corrected chi connectivity index (χ1v) is 10.8. The molecule has 2 amide bonds. The molecule has 0 aliphatic carbocycles. The quantitative estimate of drug-likeness (QED) is 0.365. The van der Waals surface area contributed by atoms with Crippen LogP contribution in [-0.4, -0.2) is 36.2 Å². The molecule has 36 heavy (non-hydrogen) atoms. The minimum absolute atomic E-state index is 0.00348. The topological polar surface area (TPSA) is 106 Å². The maximum absolute atomic E-state index is 13.8. The number of amides is 2. The zero-order valence-electron chi connectivity index (χ0n) is 18.9. The Hall–Kier alpha value is -4.93. The van der Waals surface area contributed by atoms with Crippen LogP contribution in [0.15, 0.2) is 79.1 Å². The van der Waals surface area contributed by atoms with Crippen LogP contribution in [0.2, 0.25) is 0 Å². The van der Waals surface area contributed by atoms with Gasteiger partial charge in [0.1, 0.15) is 11.3 Å². The lowest BCUT2D eigenvalue weighted by Gasteiger charge is -2.09. The first-order valence-electron chi connectivity index (χ1n) is 10.8. The van der Waals surface area contributed by atoms with Crippen molar-refractivity contribution in [3.63, 3.8) is 0 Å². The third kappa shape index (κ3) is 4.53. The van der Waals surface area contributed by atoms with Gasteiger partial charge in [0.2, 0.25) is 0 Å². The highest BCUT2D eigenvalue weighted by Crippen LogP contribution is 2.27. The number of nitrogens with zero attached hydrogens (tertiary/aromatic N) is 5. The summed E-state index contributed by atoms with van der Waals surface area (Å²) in [6.45, 7) is 0. The number of nitrogens with one attached hydrogen (secondary N) is 2. The fourth-order valence-electron chi connectivity index (χ4n) is 3.66. The Labute approximate surface area is 203 Å². The summed E-state index contributed by atoms with van der Waals surface area (Å²) in [6, 6.07) is 18.2. The van der Waals surface area contributed by atoms with Gasteiger partial charge in [-0.25, -0.2) is 18.3 Å². The van der Waals surface area contributed by atoms with Gasteiger partial charge >= 0.3 is 0 Å². The number of aromatic nitrogens is 5. The fourth-order valence-corrected chi connectivity index (χ4v) is 3.66. The molecule has 2 N–H and O–H groups in total. The number of rotatable bonds is 6. The number of fused-ring (bicyclic) bond motifs is 1. The average Bonchev–Trinajstić information content (AvgIpc) is 3.50. The largest absolute Gasteiger partial charge is 0.322 e. The van der Waals surface area contributed by atoms with Gasteiger partial charge in [0.25, 0.3) is 18.2 Å². The van der Waals surface area contributed by atoms with E-state index in [4.69, 9.17) is 0 Å². The van der Waals surface area contributed by atoms with Crippen molar-refractivity contribution in [2.45, 2.75) is 6.43 Å². The van der Waals surface area contributed by atoms with E-state index in [0.29, 0.717) is 22.6 Å². The molecule has 0 aliphatic heterocycles. The lowest BCUT2D eigenvalue weighted by atomic mass is 10.1. The standard InChI is InChI=1S/C25H19F2N7O2/c1-33-11-10-19(32-33)25(36)30-17-9-5-8-16(12-17)29-24(35)18-14-28-34-21(22(26)27)13-20(31-23(18)34)15-6-3-2-4-7-15/h2-14,22H,1H3,(H,29,35)(H,30,36). The Morgan fingerprint density at radius 2 is 1.64 bits per heavy atom. The molecule has 0 aliphatic rings. The van der Waals surface area contributed by atoms with Crippen LogP contribution in [0.3, 0.4) is 0 Å². The van der Waals surface area contributed by atoms with Crippen molar-refractivity contribution >= 4 is 28.8 Å². The van der Waals surface area contributed by atoms with E-state index in [1.165, 1.54) is 16.9 Å². The van der Waals surface area contributed by atoms with E-state index in [2.05, 4.69) is 25.8 Å². The van der Waals surface area contributed by atoms with Gasteiger partial charge in [-0.15, -0.1) is 0 Å². The van der Waals surface area contributed by atoms with E-state index < -0.39 is 18.2 Å². The molecular weight excluding hydrogens is 468 g/mol. The molecule has 5 aromatic rings. The summed E-state index contributed by atoms with van der Waals surface area (Å²) in [4.78, 5) is 29.9. The zero-order chi connectivity index (χ0) is 25.2. The molecule has 180 valence electrons. The average molecular weight is 487 g/mol. The van der Waals surface area contributed by atoms with Crippen LogP contribution in [0.4, 0.5) is 20.2 Å². The number of aryl methyl sites for hydroxylation is 1. The molecule has 0 unspecified atom stereocenters. The van der Waals surface area contributed by atoms with Gasteiger partial charge in [-0.3, -0.25) is 14.3 Å². The van der Waals surface area contributed by atoms with Crippen LogP contribution in [-0.2, 0) is 7.05 Å². The number of carbonyl (C=O) groups excluding carboxylic acids is 2. The monoisotopic (exact) mass is 487 g/mol. The van der Waals surface area contributed by atoms with Gasteiger partial charge in [0.15, 0.2) is 11.3 Å². The smallest absolute Gasteiger partial charge is 0.280 e. The summed E-state index contributed by atoms with van der Waals surface area (Å²) >= 11 is 0. The number of carbonyl (C=O) groups is 2. The molecule has 0 radical (unpaired) electrons. The number of hydrogen-bond donors (Lipinski definition) is 2. The molecule has 2 aromatic carbocycles. The van der Waals surface area contributed by atoms with Crippen molar-refractivity contribution in [3.05, 3.63) is 96.1 Å². The summed E-state index contributed by atoms with van der Waals surface area (Å²) in [5.74, 6) is -0.991. The summed E-state index contributed by atoms with van der Waals surface area (Å²) in [6.07, 6.45) is 0.0249. The second-order valence-corrected chi connectivity index (χ2v) is 7.89. The van der Waals surface area contributed by atoms with E-state index in [-0.39, 0.29) is 22.6 Å². The molecule has 3 heterocycles. The molecule has 0 saturated heterocycles. The van der Waals surface area contributed by atoms with E-state index in [1.54, 1.807) is 73.9 Å². The van der Waals surface area contributed by atoms with Crippen molar-refractivity contribution in [2.75, 3.05) is 10.6 Å². The fraction of sp³-hybridized carbons (Fsp3) is 0.0800. The number of benzene rings is 2. The Morgan fingerprint density at radius 1 is 0.917 bits per heavy atom. The molecule has 0 bridgehead atoms. The third-order valence-corrected chi connectivity index (χ3v) is 5.36. The van der Waals surface area contributed by atoms with Crippen LogP contribution >= 0.6 is 0 Å². The maximum atomic E-state index is 13.8. The van der Waals surface area contributed by atoms with E-state index in [9.17, 15) is 18.4 Å². The lowest BCUT2D eigenvalue weighted by Crippen LogP contribution is -2.15. The first kappa shape index (κ1) is 22.8. The molecule has 11 heteroatoms. The predicted molar refractivity (Wildman–Crippen MR) is 129 cm³/mol. The van der Waals surface area contributed by atoms with Gasteiger partial charge in [0, 0.05) is 30.2 Å². The Kier molecular flexibility index (Phi) is 5.95. The summed E-state index contributed by atoms with van der Waals surface area (Å²) in [5, 5.41) is 13.5. The number of halogens is 2. The Bertz CT molecular complexity index is 1580. The summed E-state index contributed by atoms with van der Waals surface area (Å²) < 4.78 is 30.1. The molecule has 9 nitrogen and oxygen atoms in total. The number of hydrogen-bond acceptors (Lipinski definition) is 5. The van der Waals surface area contributed by atoms with Gasteiger partial charge in [-0.1, -0.05) is 36.4 Å². The SMILES string of the molecule is Cn1ccc(C(=O)Nc2cccc(NC(=O)c3cnn4c(C(F)F)cc(-c5ccccc5)nc34)c2)n1. The molecule has 5 rings (SSSR count). The second-order valence-electron chi connectivity index (χ2n) is 7.89. The number of anilines is 2. The van der Waals surface area contributed by atoms with Crippen LogP contribution in [0.25, 0.3) is 16.9 Å². The van der Waals surface area contributed by atoms with Gasteiger partial charge in [-0.2, -0.15) is 10.2 Å². The molecular formula is C25H19F2N7O2. The molecule has 0 fully saturated rings. The van der Waals surface area contributed by atoms with E-state index in [0.717, 1.165) is 4.52 Å². The van der Waals surface area contributed by atoms with Gasteiger partial charge < -0.3 is 10.6 Å². The minimum atomic E-state index is -2.83. The highest BCUT2D eigenvalue weighted by atomic mass is 19.3. The van der Waals surface area contributed by atoms with Crippen molar-refractivity contribution in [1.29, 1.82) is 0 Å². The summed E-state index contributed by atoms with van der Waals surface area (Å²) in [7, 11) is 1.70. The maximum Gasteiger partial charge on any atom is 0.280 e. The van der Waals surface area contributed by atoms with Crippen molar-refractivity contribution in [2.24, 2.45) is 7.05 Å². The highest BCUT2D eigenvalue weighted by molar-refractivity contribution is 6.09. The Morgan fingerprint density at radius 3 is 2.31 bits per heavy atom. The molecule has 3 aromatic heterocycles. The van der Waals surface area contributed by atoms with Crippen LogP contribution < -0.4 is 10.6 Å². The van der Waals surface area contributed by atoms with Crippen LogP contribution in [0.5, 0.6) is 0 Å². The van der Waals surface area contributed by atoms with Crippen molar-refractivity contribution in [3.8, 4) is 11.3 Å². The van der Waals surface area contributed by atoms with Gasteiger partial charge in [-0.05, 0) is 30.3 Å². The third-order valence-electron chi connectivity index (χ3n) is 5.36. The second kappa shape index (κ2) is 9.37. The van der Waals surface area contributed by atoms with Crippen molar-refractivity contribution in [1.82, 2.24) is 24.4 Å². The molecule has 0 spiro atoms. The van der Waals surface area contributed by atoms with Crippen molar-refractivity contribution < 1.29 is 18.4 Å². The van der Waals surface area contributed by atoms with Crippen LogP contribution in [0, 0.1) is 0 Å². The lowest BCUT2D eigenvalue weighted by molar-refractivity contribution is 0.101. The molecule has 0 atom stereocenters. The molecule has 0 saturated carbocycles.